The van der Waals surface area contributed by atoms with Gasteiger partial charge in [-0.2, -0.15) is 0 Å². The first-order valence-electron chi connectivity index (χ1n) is 11.3. The van der Waals surface area contributed by atoms with Crippen LogP contribution in [0.5, 0.6) is 0 Å². The fourth-order valence-electron chi connectivity index (χ4n) is 4.38. The molecule has 5 rings (SSSR count). The molecule has 1 aliphatic heterocycles. The molecule has 33 heavy (non-hydrogen) atoms. The van der Waals surface area contributed by atoms with E-state index in [1.807, 2.05) is 95.9 Å². The number of pyridine rings is 1. The van der Waals surface area contributed by atoms with Crippen molar-refractivity contribution in [1.82, 2.24) is 15.2 Å². The second-order valence-electron chi connectivity index (χ2n) is 8.29. The van der Waals surface area contributed by atoms with E-state index in [1.165, 1.54) is 0 Å². The van der Waals surface area contributed by atoms with Crippen LogP contribution in [-0.4, -0.2) is 34.8 Å². The molecule has 5 nitrogen and oxygen atoms in total. The van der Waals surface area contributed by atoms with Gasteiger partial charge in [-0.1, -0.05) is 78.9 Å². The smallest absolute Gasteiger partial charge is 0.252 e. The number of carbonyl (C=O) groups excluding carboxylic acids is 2. The summed E-state index contributed by atoms with van der Waals surface area (Å²) in [6.07, 6.45) is 1.99. The molecule has 0 bridgehead atoms. The molecule has 1 aliphatic rings. The van der Waals surface area contributed by atoms with E-state index in [0.717, 1.165) is 53.7 Å². The van der Waals surface area contributed by atoms with Gasteiger partial charge in [0.2, 0.25) is 5.91 Å². The van der Waals surface area contributed by atoms with Gasteiger partial charge in [0.05, 0.1) is 16.8 Å². The normalized spacial score (nSPS) is 14.2. The zero-order chi connectivity index (χ0) is 22.6. The Kier molecular flexibility index (Phi) is 5.85. The van der Waals surface area contributed by atoms with E-state index in [0.29, 0.717) is 5.56 Å². The Balaban J connectivity index is 1.54. The van der Waals surface area contributed by atoms with Crippen molar-refractivity contribution in [3.63, 3.8) is 0 Å². The Labute approximate surface area is 193 Å². The summed E-state index contributed by atoms with van der Waals surface area (Å²) in [6.45, 7) is 1.46. The Morgan fingerprint density at radius 1 is 0.818 bits per heavy atom. The molecule has 1 atom stereocenters. The van der Waals surface area contributed by atoms with Crippen molar-refractivity contribution in [1.29, 1.82) is 0 Å². The first-order chi connectivity index (χ1) is 16.2. The first kappa shape index (κ1) is 20.9. The molecule has 0 radical (unpaired) electrons. The highest BCUT2D eigenvalue weighted by Gasteiger charge is 2.30. The molecule has 1 aromatic heterocycles. The molecule has 0 unspecified atom stereocenters. The van der Waals surface area contributed by atoms with Gasteiger partial charge < -0.3 is 10.2 Å². The molecule has 2 heterocycles. The molecule has 0 aliphatic carbocycles. The Hall–Kier alpha value is -3.99. The largest absolute Gasteiger partial charge is 0.341 e. The molecule has 1 fully saturated rings. The van der Waals surface area contributed by atoms with Crippen LogP contribution in [0, 0.1) is 0 Å². The molecule has 5 heteroatoms. The van der Waals surface area contributed by atoms with E-state index in [2.05, 4.69) is 5.32 Å². The summed E-state index contributed by atoms with van der Waals surface area (Å²) < 4.78 is 0. The van der Waals surface area contributed by atoms with Crippen molar-refractivity contribution < 1.29 is 9.59 Å². The first-order valence-corrected chi connectivity index (χ1v) is 11.3. The van der Waals surface area contributed by atoms with Crippen LogP contribution in [0.3, 0.4) is 0 Å². The van der Waals surface area contributed by atoms with E-state index in [-0.39, 0.29) is 11.8 Å². The molecular formula is C28H25N3O2. The lowest BCUT2D eigenvalue weighted by atomic mass is 10.0. The van der Waals surface area contributed by atoms with Gasteiger partial charge in [-0.3, -0.25) is 9.59 Å². The van der Waals surface area contributed by atoms with Gasteiger partial charge in [0.1, 0.15) is 6.04 Å². The molecular weight excluding hydrogens is 410 g/mol. The lowest BCUT2D eigenvalue weighted by molar-refractivity contribution is -0.132. The van der Waals surface area contributed by atoms with Gasteiger partial charge in [0, 0.05) is 24.0 Å². The van der Waals surface area contributed by atoms with E-state index >= 15 is 0 Å². The minimum Gasteiger partial charge on any atom is -0.341 e. The average Bonchev–Trinajstić information content (AvgIpc) is 3.42. The Morgan fingerprint density at radius 3 is 2.18 bits per heavy atom. The molecule has 164 valence electrons. The molecule has 3 aromatic carbocycles. The summed E-state index contributed by atoms with van der Waals surface area (Å²) in [6, 6.07) is 28.0. The number of rotatable bonds is 5. The second kappa shape index (κ2) is 9.25. The fourth-order valence-corrected chi connectivity index (χ4v) is 4.38. The number of hydrogen-bond donors (Lipinski definition) is 1. The van der Waals surface area contributed by atoms with Gasteiger partial charge in [0.15, 0.2) is 0 Å². The lowest BCUT2D eigenvalue weighted by Crippen LogP contribution is -2.41. The van der Waals surface area contributed by atoms with Crippen LogP contribution in [0.15, 0.2) is 91.0 Å². The van der Waals surface area contributed by atoms with Crippen LogP contribution in [-0.2, 0) is 4.79 Å². The van der Waals surface area contributed by atoms with Crippen molar-refractivity contribution in [2.75, 3.05) is 13.1 Å². The molecule has 1 saturated heterocycles. The summed E-state index contributed by atoms with van der Waals surface area (Å²) in [5.41, 5.74) is 3.69. The third-order valence-corrected chi connectivity index (χ3v) is 6.10. The zero-order valence-corrected chi connectivity index (χ0v) is 18.3. The van der Waals surface area contributed by atoms with Crippen molar-refractivity contribution in [2.45, 2.75) is 18.9 Å². The minimum absolute atomic E-state index is 0.0614. The maximum absolute atomic E-state index is 13.6. The zero-order valence-electron chi connectivity index (χ0n) is 18.3. The van der Waals surface area contributed by atoms with Gasteiger partial charge in [-0.15, -0.1) is 0 Å². The third kappa shape index (κ3) is 4.35. The quantitative estimate of drug-likeness (QED) is 0.480. The highest BCUT2D eigenvalue weighted by atomic mass is 16.2. The number of amides is 2. The van der Waals surface area contributed by atoms with Gasteiger partial charge in [-0.25, -0.2) is 4.98 Å². The maximum atomic E-state index is 13.6. The van der Waals surface area contributed by atoms with Gasteiger partial charge in [0.25, 0.3) is 5.91 Å². The lowest BCUT2D eigenvalue weighted by Gasteiger charge is -2.24. The number of likely N-dealkylation sites (tertiary alicyclic amines) is 1. The molecule has 1 N–H and O–H groups in total. The molecule has 2 amide bonds. The van der Waals surface area contributed by atoms with E-state index in [1.54, 1.807) is 0 Å². The summed E-state index contributed by atoms with van der Waals surface area (Å²) in [7, 11) is 0. The van der Waals surface area contributed by atoms with Crippen LogP contribution in [0.4, 0.5) is 0 Å². The second-order valence-corrected chi connectivity index (χ2v) is 8.29. The number of fused-ring (bicyclic) bond motifs is 1. The van der Waals surface area contributed by atoms with Crippen molar-refractivity contribution in [3.8, 4) is 11.3 Å². The monoisotopic (exact) mass is 435 g/mol. The van der Waals surface area contributed by atoms with Crippen LogP contribution >= 0.6 is 0 Å². The van der Waals surface area contributed by atoms with Crippen LogP contribution < -0.4 is 5.32 Å². The number of nitrogens with one attached hydrogen (secondary N) is 1. The summed E-state index contributed by atoms with van der Waals surface area (Å²) >= 11 is 0. The van der Waals surface area contributed by atoms with Crippen LogP contribution in [0.25, 0.3) is 22.2 Å². The number of hydrogen-bond acceptors (Lipinski definition) is 3. The highest BCUT2D eigenvalue weighted by Crippen LogP contribution is 2.26. The third-order valence-electron chi connectivity index (χ3n) is 6.10. The number of aromatic nitrogens is 1. The summed E-state index contributed by atoms with van der Waals surface area (Å²) in [4.78, 5) is 33.6. The van der Waals surface area contributed by atoms with Gasteiger partial charge in [-0.05, 0) is 30.5 Å². The molecule has 0 spiro atoms. The number of para-hydroxylation sites is 1. The standard InChI is InChI=1S/C28H25N3O2/c32-27(30-26(21-13-5-2-6-14-21)28(33)31-17-9-10-18-31)23-19-25(20-11-3-1-4-12-20)29-24-16-8-7-15-22(23)24/h1-8,11-16,19,26H,9-10,17-18H2,(H,30,32)/t26-/m1/s1. The fraction of sp³-hybridized carbons (Fsp3) is 0.179. The average molecular weight is 436 g/mol. The van der Waals surface area contributed by atoms with Gasteiger partial charge >= 0.3 is 0 Å². The number of nitrogens with zero attached hydrogens (tertiary/aromatic N) is 2. The summed E-state index contributed by atoms with van der Waals surface area (Å²) in [5.74, 6) is -0.346. The van der Waals surface area contributed by atoms with E-state index in [9.17, 15) is 9.59 Å². The SMILES string of the molecule is O=C(N[C@@H](C(=O)N1CCCC1)c1ccccc1)c1cc(-c2ccccc2)nc2ccccc12. The molecule has 0 saturated carbocycles. The predicted molar refractivity (Wildman–Crippen MR) is 130 cm³/mol. The topological polar surface area (TPSA) is 62.3 Å². The maximum Gasteiger partial charge on any atom is 0.252 e. The van der Waals surface area contributed by atoms with Crippen molar-refractivity contribution in [2.24, 2.45) is 0 Å². The predicted octanol–water partition coefficient (Wildman–Crippen LogP) is 5.00. The van der Waals surface area contributed by atoms with Crippen LogP contribution in [0.2, 0.25) is 0 Å². The molecule has 4 aromatic rings. The number of benzene rings is 3. The van der Waals surface area contributed by atoms with Crippen LogP contribution in [0.1, 0.15) is 34.8 Å². The minimum atomic E-state index is -0.732. The number of carbonyl (C=O) groups is 2. The van der Waals surface area contributed by atoms with E-state index < -0.39 is 6.04 Å². The van der Waals surface area contributed by atoms with E-state index in [4.69, 9.17) is 4.98 Å². The Morgan fingerprint density at radius 2 is 1.45 bits per heavy atom. The summed E-state index contributed by atoms with van der Waals surface area (Å²) in [5, 5.41) is 3.80. The Bertz CT molecular complexity index is 1280. The van der Waals surface area contributed by atoms with Crippen molar-refractivity contribution >= 4 is 22.7 Å². The highest BCUT2D eigenvalue weighted by molar-refractivity contribution is 6.08. The van der Waals surface area contributed by atoms with Crippen molar-refractivity contribution in [3.05, 3.63) is 102 Å².